The number of fused-ring (bicyclic) bond motifs is 1. The summed E-state index contributed by atoms with van der Waals surface area (Å²) in [5.74, 6) is 0.225. The molecule has 3 aromatic rings. The largest absolute Gasteiger partial charge is 0.494 e. The maximum Gasteiger partial charge on any atom is 0.247 e. The van der Waals surface area contributed by atoms with Crippen LogP contribution >= 0.6 is 0 Å². The van der Waals surface area contributed by atoms with Crippen LogP contribution in [0.5, 0.6) is 5.75 Å². The van der Waals surface area contributed by atoms with Gasteiger partial charge in [0, 0.05) is 26.3 Å². The van der Waals surface area contributed by atoms with E-state index in [0.29, 0.717) is 49.7 Å². The predicted molar refractivity (Wildman–Crippen MR) is 141 cm³/mol. The Morgan fingerprint density at radius 2 is 1.82 bits per heavy atom. The molecule has 2 amide bonds. The van der Waals surface area contributed by atoms with Gasteiger partial charge in [0.05, 0.1) is 24.3 Å². The number of benzene rings is 2. The van der Waals surface area contributed by atoms with Gasteiger partial charge >= 0.3 is 0 Å². The van der Waals surface area contributed by atoms with Gasteiger partial charge in [0.1, 0.15) is 23.9 Å². The molecule has 2 fully saturated rings. The molecule has 2 aliphatic heterocycles. The molecule has 10 heteroatoms. The number of ether oxygens (including phenoxy) is 3. The molecule has 0 spiro atoms. The van der Waals surface area contributed by atoms with Gasteiger partial charge in [-0.25, -0.2) is 4.68 Å². The first-order valence-corrected chi connectivity index (χ1v) is 13.4. The highest BCUT2D eigenvalue weighted by atomic mass is 16.5. The minimum absolute atomic E-state index is 0.0104. The van der Waals surface area contributed by atoms with E-state index in [9.17, 15) is 9.59 Å². The Morgan fingerprint density at radius 3 is 2.53 bits per heavy atom. The summed E-state index contributed by atoms with van der Waals surface area (Å²) in [5.41, 5.74) is 2.18. The highest BCUT2D eigenvalue weighted by molar-refractivity contribution is 5.89. The summed E-state index contributed by atoms with van der Waals surface area (Å²) in [6.07, 6.45) is 3.51. The molecular formula is C28H35N5O5. The van der Waals surface area contributed by atoms with E-state index in [0.717, 1.165) is 31.2 Å². The molecule has 2 aromatic carbocycles. The molecule has 0 saturated carbocycles. The van der Waals surface area contributed by atoms with Crippen LogP contribution in [-0.2, 0) is 25.6 Å². The molecule has 0 aliphatic carbocycles. The monoisotopic (exact) mass is 521 g/mol. The first-order valence-electron chi connectivity index (χ1n) is 13.4. The van der Waals surface area contributed by atoms with Gasteiger partial charge in [0.25, 0.3) is 0 Å². The highest BCUT2D eigenvalue weighted by Crippen LogP contribution is 2.27. The first kappa shape index (κ1) is 26.1. The van der Waals surface area contributed by atoms with E-state index in [1.807, 2.05) is 55.5 Å². The van der Waals surface area contributed by atoms with Crippen LogP contribution in [0.1, 0.15) is 44.2 Å². The first-order chi connectivity index (χ1) is 18.6. The second-order valence-corrected chi connectivity index (χ2v) is 9.70. The lowest BCUT2D eigenvalue weighted by Crippen LogP contribution is -2.48. The summed E-state index contributed by atoms with van der Waals surface area (Å²) in [6.45, 7) is 4.49. The highest BCUT2D eigenvalue weighted by Gasteiger charge is 2.35. The van der Waals surface area contributed by atoms with Gasteiger partial charge in [-0.05, 0) is 62.4 Å². The maximum atomic E-state index is 13.9. The van der Waals surface area contributed by atoms with Crippen molar-refractivity contribution in [1.29, 1.82) is 0 Å². The lowest BCUT2D eigenvalue weighted by molar-refractivity contribution is -0.143. The van der Waals surface area contributed by atoms with Gasteiger partial charge in [-0.2, -0.15) is 0 Å². The van der Waals surface area contributed by atoms with E-state index in [2.05, 4.69) is 15.6 Å². The van der Waals surface area contributed by atoms with Crippen LogP contribution in [0.25, 0.3) is 11.0 Å². The van der Waals surface area contributed by atoms with Crippen molar-refractivity contribution in [3.63, 3.8) is 0 Å². The Morgan fingerprint density at radius 1 is 1.08 bits per heavy atom. The Bertz CT molecular complexity index is 1220. The van der Waals surface area contributed by atoms with Crippen molar-refractivity contribution in [2.75, 3.05) is 32.9 Å². The van der Waals surface area contributed by atoms with E-state index < -0.39 is 6.04 Å². The summed E-state index contributed by atoms with van der Waals surface area (Å²) in [5, 5.41) is 11.4. The minimum Gasteiger partial charge on any atom is -0.494 e. The summed E-state index contributed by atoms with van der Waals surface area (Å²) in [4.78, 5) is 29.4. The average Bonchev–Trinajstić information content (AvgIpc) is 3.71. The van der Waals surface area contributed by atoms with Crippen LogP contribution < -0.4 is 10.1 Å². The van der Waals surface area contributed by atoms with Gasteiger partial charge < -0.3 is 24.4 Å². The van der Waals surface area contributed by atoms with Crippen LogP contribution in [-0.4, -0.2) is 76.8 Å². The number of hydrogen-bond acceptors (Lipinski definition) is 7. The van der Waals surface area contributed by atoms with Crippen molar-refractivity contribution in [1.82, 2.24) is 25.2 Å². The number of carbonyl (C=O) groups is 2. The van der Waals surface area contributed by atoms with Crippen molar-refractivity contribution < 1.29 is 23.8 Å². The lowest BCUT2D eigenvalue weighted by atomic mass is 10.0. The minimum atomic E-state index is -0.849. The van der Waals surface area contributed by atoms with Crippen LogP contribution in [0.15, 0.2) is 48.5 Å². The van der Waals surface area contributed by atoms with Crippen LogP contribution in [0.2, 0.25) is 0 Å². The standard InChI is InChI=1S/C28H35N5O5/c1-2-36-21-13-11-20(12-14-21)27(28(35)29-17-22-7-5-15-37-22)32(18-23-8-6-16-38-23)26(34)19-33-25-10-4-3-9-24(25)30-31-33/h3-4,9-14,22-23,27H,2,5-8,15-19H2,1H3,(H,29,35)/t22-,23-,27-/m1/s1. The van der Waals surface area contributed by atoms with Gasteiger partial charge in [0.2, 0.25) is 11.8 Å². The van der Waals surface area contributed by atoms with Crippen LogP contribution in [0, 0.1) is 0 Å². The lowest BCUT2D eigenvalue weighted by Gasteiger charge is -2.33. The number of amides is 2. The van der Waals surface area contributed by atoms with E-state index in [1.54, 1.807) is 9.58 Å². The van der Waals surface area contributed by atoms with E-state index in [4.69, 9.17) is 14.2 Å². The molecule has 3 heterocycles. The molecule has 202 valence electrons. The second kappa shape index (κ2) is 12.4. The number of aromatic nitrogens is 3. The Kier molecular flexibility index (Phi) is 8.50. The third-order valence-electron chi connectivity index (χ3n) is 7.04. The predicted octanol–water partition coefficient (Wildman–Crippen LogP) is 2.87. The van der Waals surface area contributed by atoms with Gasteiger partial charge in [-0.1, -0.05) is 29.5 Å². The number of rotatable bonds is 11. The summed E-state index contributed by atoms with van der Waals surface area (Å²) >= 11 is 0. The molecule has 2 saturated heterocycles. The average molecular weight is 522 g/mol. The van der Waals surface area contributed by atoms with Gasteiger partial charge in [0.15, 0.2) is 0 Å². The fourth-order valence-electron chi connectivity index (χ4n) is 5.11. The maximum absolute atomic E-state index is 13.9. The zero-order valence-electron chi connectivity index (χ0n) is 21.8. The third kappa shape index (κ3) is 6.14. The number of nitrogens with zero attached hydrogens (tertiary/aromatic N) is 4. The summed E-state index contributed by atoms with van der Waals surface area (Å²) in [7, 11) is 0. The van der Waals surface area contributed by atoms with E-state index in [-0.39, 0.29) is 30.6 Å². The molecule has 0 unspecified atom stereocenters. The van der Waals surface area contributed by atoms with E-state index in [1.165, 1.54) is 0 Å². The molecule has 3 atom stereocenters. The number of hydrogen-bond donors (Lipinski definition) is 1. The quantitative estimate of drug-likeness (QED) is 0.413. The fraction of sp³-hybridized carbons (Fsp3) is 0.500. The van der Waals surface area contributed by atoms with Crippen molar-refractivity contribution in [2.24, 2.45) is 0 Å². The zero-order chi connectivity index (χ0) is 26.3. The summed E-state index contributed by atoms with van der Waals surface area (Å²) < 4.78 is 18.8. The van der Waals surface area contributed by atoms with Crippen LogP contribution in [0.4, 0.5) is 0 Å². The van der Waals surface area contributed by atoms with Gasteiger partial charge in [-0.3, -0.25) is 9.59 Å². The third-order valence-corrected chi connectivity index (χ3v) is 7.04. The molecule has 1 aromatic heterocycles. The smallest absolute Gasteiger partial charge is 0.247 e. The molecule has 0 radical (unpaired) electrons. The van der Waals surface area contributed by atoms with Crippen molar-refractivity contribution in [3.8, 4) is 5.75 Å². The molecule has 10 nitrogen and oxygen atoms in total. The molecule has 2 aliphatic rings. The number of para-hydroxylation sites is 1. The SMILES string of the molecule is CCOc1ccc([C@H](C(=O)NC[C@H]2CCCO2)N(C[C@H]2CCCO2)C(=O)Cn2nnc3ccccc32)cc1. The van der Waals surface area contributed by atoms with Crippen molar-refractivity contribution in [2.45, 2.75) is 57.4 Å². The molecular weight excluding hydrogens is 486 g/mol. The molecule has 5 rings (SSSR count). The topological polar surface area (TPSA) is 108 Å². The molecule has 38 heavy (non-hydrogen) atoms. The zero-order valence-corrected chi connectivity index (χ0v) is 21.8. The number of nitrogens with one attached hydrogen (secondary N) is 1. The number of carbonyl (C=O) groups excluding carboxylic acids is 2. The van der Waals surface area contributed by atoms with Crippen molar-refractivity contribution in [3.05, 3.63) is 54.1 Å². The van der Waals surface area contributed by atoms with Crippen molar-refractivity contribution >= 4 is 22.8 Å². The fourth-order valence-corrected chi connectivity index (χ4v) is 5.11. The Balaban J connectivity index is 1.44. The van der Waals surface area contributed by atoms with Gasteiger partial charge in [-0.15, -0.1) is 5.10 Å². The summed E-state index contributed by atoms with van der Waals surface area (Å²) in [6, 6.07) is 14.0. The molecule has 1 N–H and O–H groups in total. The normalized spacial score (nSPS) is 19.9. The van der Waals surface area contributed by atoms with Crippen LogP contribution in [0.3, 0.4) is 0 Å². The Labute approximate surface area is 222 Å². The second-order valence-electron chi connectivity index (χ2n) is 9.70. The Hall–Kier alpha value is -3.50. The molecule has 0 bridgehead atoms. The van der Waals surface area contributed by atoms with E-state index >= 15 is 0 Å².